The van der Waals surface area contributed by atoms with Gasteiger partial charge in [0, 0.05) is 12.0 Å². The monoisotopic (exact) mass is 264 g/mol. The van der Waals surface area contributed by atoms with Gasteiger partial charge in [0.15, 0.2) is 6.10 Å². The second kappa shape index (κ2) is 11.1. The van der Waals surface area contributed by atoms with Gasteiger partial charge in [0.25, 0.3) is 0 Å². The van der Waals surface area contributed by atoms with Crippen LogP contribution in [0.15, 0.2) is 24.3 Å². The van der Waals surface area contributed by atoms with Gasteiger partial charge in [-0.05, 0) is 26.2 Å². The van der Waals surface area contributed by atoms with E-state index < -0.39 is 18.0 Å². The predicted molar refractivity (Wildman–Crippen MR) is 73.2 cm³/mol. The minimum atomic E-state index is -0.651. The van der Waals surface area contributed by atoms with Crippen LogP contribution in [0.25, 0.3) is 0 Å². The van der Waals surface area contributed by atoms with Crippen LogP contribution >= 0.6 is 0 Å². The van der Waals surface area contributed by atoms with Crippen molar-refractivity contribution in [2.75, 3.05) is 6.61 Å². The molecule has 0 aromatic rings. The number of hydrogen-bond donors (Lipinski definition) is 0. The van der Waals surface area contributed by atoms with Crippen LogP contribution in [0.5, 0.6) is 0 Å². The molecule has 0 rings (SSSR count). The third-order valence-electron chi connectivity index (χ3n) is 1.94. The lowest BCUT2D eigenvalue weighted by Gasteiger charge is -2.03. The van der Waals surface area contributed by atoms with Gasteiger partial charge in [-0.1, -0.05) is 31.6 Å². The first-order valence-electron chi connectivity index (χ1n) is 6.28. The van der Waals surface area contributed by atoms with Gasteiger partial charge in [0.1, 0.15) is 0 Å². The molecule has 0 spiro atoms. The summed E-state index contributed by atoms with van der Waals surface area (Å²) in [6.07, 6.45) is 7.48. The van der Waals surface area contributed by atoms with Gasteiger partial charge in [-0.25, -0.2) is 9.59 Å². The number of rotatable bonds is 6. The fraction of sp³-hybridized carbons (Fsp3) is 0.467. The molecule has 0 fully saturated rings. The topological polar surface area (TPSA) is 52.6 Å². The highest BCUT2D eigenvalue weighted by Gasteiger charge is 2.03. The van der Waals surface area contributed by atoms with E-state index in [-0.39, 0.29) is 0 Å². The molecule has 0 bridgehead atoms. The number of allylic oxidation sites excluding steroid dienone is 3. The maximum absolute atomic E-state index is 11.3. The second-order valence-electron chi connectivity index (χ2n) is 3.72. The van der Waals surface area contributed by atoms with Crippen molar-refractivity contribution >= 4 is 11.9 Å². The highest BCUT2D eigenvalue weighted by atomic mass is 16.5. The summed E-state index contributed by atoms with van der Waals surface area (Å²) in [5, 5.41) is 0. The van der Waals surface area contributed by atoms with Crippen LogP contribution in [0.1, 0.15) is 33.6 Å². The van der Waals surface area contributed by atoms with Crippen LogP contribution in [-0.2, 0) is 19.1 Å². The van der Waals surface area contributed by atoms with Gasteiger partial charge < -0.3 is 9.47 Å². The average molecular weight is 264 g/mol. The van der Waals surface area contributed by atoms with E-state index >= 15 is 0 Å². The highest BCUT2D eigenvalue weighted by Crippen LogP contribution is 1.92. The molecule has 4 nitrogen and oxygen atoms in total. The summed E-state index contributed by atoms with van der Waals surface area (Å²) in [5.74, 6) is 3.70. The molecule has 0 saturated heterocycles. The molecule has 0 aliphatic carbocycles. The van der Waals surface area contributed by atoms with Crippen LogP contribution in [-0.4, -0.2) is 24.6 Å². The summed E-state index contributed by atoms with van der Waals surface area (Å²) >= 11 is 0. The molecule has 104 valence electrons. The lowest BCUT2D eigenvalue weighted by atomic mass is 10.3. The zero-order chi connectivity index (χ0) is 14.5. The SMILES string of the molecule is C/C=C/C=C/C(=O)O[C@H](C)C#CC(=O)OCCCC. The Kier molecular flexibility index (Phi) is 9.91. The van der Waals surface area contributed by atoms with Gasteiger partial charge >= 0.3 is 11.9 Å². The molecule has 0 saturated carbocycles. The van der Waals surface area contributed by atoms with Crippen molar-refractivity contribution < 1.29 is 19.1 Å². The van der Waals surface area contributed by atoms with Gasteiger partial charge in [0.2, 0.25) is 0 Å². The van der Waals surface area contributed by atoms with Gasteiger partial charge in [-0.2, -0.15) is 0 Å². The van der Waals surface area contributed by atoms with Crippen molar-refractivity contribution in [2.45, 2.75) is 39.7 Å². The van der Waals surface area contributed by atoms with Gasteiger partial charge in [-0.3, -0.25) is 0 Å². The minimum absolute atomic E-state index is 0.365. The van der Waals surface area contributed by atoms with E-state index in [1.165, 1.54) is 6.08 Å². The molecule has 19 heavy (non-hydrogen) atoms. The standard InChI is InChI=1S/C15H20O4/c1-4-6-8-9-15(17)19-13(3)10-11-14(16)18-12-7-5-2/h4,6,8-9,13H,5,7,12H2,1-3H3/b6-4+,9-8+/t13-/m1/s1. The molecule has 0 heterocycles. The molecule has 0 unspecified atom stereocenters. The predicted octanol–water partition coefficient (Wildman–Crippen LogP) is 2.40. The van der Waals surface area contributed by atoms with E-state index in [1.807, 2.05) is 13.8 Å². The fourth-order valence-electron chi connectivity index (χ4n) is 0.994. The van der Waals surface area contributed by atoms with Crippen molar-refractivity contribution in [2.24, 2.45) is 0 Å². The van der Waals surface area contributed by atoms with Crippen LogP contribution < -0.4 is 0 Å². The number of hydrogen-bond acceptors (Lipinski definition) is 4. The summed E-state index contributed by atoms with van der Waals surface area (Å²) in [6.45, 7) is 5.80. The van der Waals surface area contributed by atoms with E-state index in [0.29, 0.717) is 6.61 Å². The molecule has 1 atom stereocenters. The zero-order valence-electron chi connectivity index (χ0n) is 11.6. The Hall–Kier alpha value is -2.02. The average Bonchev–Trinajstić information content (AvgIpc) is 2.37. The van der Waals surface area contributed by atoms with E-state index in [1.54, 1.807) is 25.2 Å². The lowest BCUT2D eigenvalue weighted by molar-refractivity contribution is -0.140. The van der Waals surface area contributed by atoms with Crippen LogP contribution in [0.4, 0.5) is 0 Å². The van der Waals surface area contributed by atoms with Gasteiger partial charge in [0.05, 0.1) is 6.61 Å². The Balaban J connectivity index is 4.06. The van der Waals surface area contributed by atoms with E-state index in [2.05, 4.69) is 11.8 Å². The molecule has 0 amide bonds. The minimum Gasteiger partial charge on any atom is -0.456 e. The van der Waals surface area contributed by atoms with E-state index in [0.717, 1.165) is 12.8 Å². The Morgan fingerprint density at radius 1 is 1.32 bits per heavy atom. The molecular weight excluding hydrogens is 244 g/mol. The van der Waals surface area contributed by atoms with Crippen LogP contribution in [0.2, 0.25) is 0 Å². The summed E-state index contributed by atoms with van der Waals surface area (Å²) < 4.78 is 9.77. The molecule has 4 heteroatoms. The van der Waals surface area contributed by atoms with E-state index in [4.69, 9.17) is 9.47 Å². The maximum atomic E-state index is 11.3. The molecule has 0 aliphatic heterocycles. The molecule has 0 aromatic carbocycles. The largest absolute Gasteiger partial charge is 0.456 e. The quantitative estimate of drug-likeness (QED) is 0.185. The Morgan fingerprint density at radius 3 is 2.68 bits per heavy atom. The van der Waals surface area contributed by atoms with Gasteiger partial charge in [-0.15, -0.1) is 0 Å². The smallest absolute Gasteiger partial charge is 0.384 e. The first kappa shape index (κ1) is 17.0. The number of esters is 2. The Bertz CT molecular complexity index is 396. The molecule has 0 aliphatic rings. The van der Waals surface area contributed by atoms with Crippen molar-refractivity contribution in [3.63, 3.8) is 0 Å². The van der Waals surface area contributed by atoms with Crippen molar-refractivity contribution in [1.29, 1.82) is 0 Å². The molecule has 0 N–H and O–H groups in total. The lowest BCUT2D eigenvalue weighted by Crippen LogP contribution is -2.11. The van der Waals surface area contributed by atoms with Crippen molar-refractivity contribution in [3.8, 4) is 11.8 Å². The van der Waals surface area contributed by atoms with Crippen LogP contribution in [0.3, 0.4) is 0 Å². The zero-order valence-corrected chi connectivity index (χ0v) is 11.6. The summed E-state index contributed by atoms with van der Waals surface area (Å²) in [6, 6.07) is 0. The first-order chi connectivity index (χ1) is 9.10. The third-order valence-corrected chi connectivity index (χ3v) is 1.94. The second-order valence-corrected chi connectivity index (χ2v) is 3.72. The van der Waals surface area contributed by atoms with Crippen molar-refractivity contribution in [3.05, 3.63) is 24.3 Å². The van der Waals surface area contributed by atoms with Crippen LogP contribution in [0, 0.1) is 11.8 Å². The summed E-state index contributed by atoms with van der Waals surface area (Å²) in [4.78, 5) is 22.4. The highest BCUT2D eigenvalue weighted by molar-refractivity contribution is 5.88. The Morgan fingerprint density at radius 2 is 2.05 bits per heavy atom. The number of unbranched alkanes of at least 4 members (excludes halogenated alkanes) is 1. The first-order valence-corrected chi connectivity index (χ1v) is 6.28. The maximum Gasteiger partial charge on any atom is 0.384 e. The molecular formula is C15H20O4. The van der Waals surface area contributed by atoms with Crippen molar-refractivity contribution in [1.82, 2.24) is 0 Å². The third kappa shape index (κ3) is 10.8. The normalized spacial score (nSPS) is 11.9. The molecule has 0 aromatic heterocycles. The summed E-state index contributed by atoms with van der Waals surface area (Å²) in [7, 11) is 0. The molecule has 0 radical (unpaired) electrons. The Labute approximate surface area is 114 Å². The fourth-order valence-corrected chi connectivity index (χ4v) is 0.994. The number of ether oxygens (including phenoxy) is 2. The number of carbonyl (C=O) groups is 2. The number of carbonyl (C=O) groups excluding carboxylic acids is 2. The van der Waals surface area contributed by atoms with E-state index in [9.17, 15) is 9.59 Å². The summed E-state index contributed by atoms with van der Waals surface area (Å²) in [5.41, 5.74) is 0.